The maximum absolute atomic E-state index is 11.7. The van der Waals surface area contributed by atoms with Crippen molar-refractivity contribution in [1.29, 1.82) is 0 Å². The molecule has 8 heteroatoms. The largest absolute Gasteiger partial charge is 0.481 e. The second-order valence-corrected chi connectivity index (χ2v) is 4.49. The number of benzene rings is 1. The first-order valence-corrected chi connectivity index (χ1v) is 6.06. The topological polar surface area (TPSA) is 136 Å². The van der Waals surface area contributed by atoms with Crippen molar-refractivity contribution in [2.45, 2.75) is 18.9 Å². The second-order valence-electron chi connectivity index (χ2n) is 4.09. The zero-order valence-corrected chi connectivity index (χ0v) is 11.2. The SMILES string of the molecule is NC(=O)c1ccc(NC(=O)C(N)CCC(=O)O)cc1Cl. The lowest BCUT2D eigenvalue weighted by Crippen LogP contribution is -2.36. The number of halogens is 1. The molecule has 0 saturated heterocycles. The number of amides is 2. The minimum absolute atomic E-state index is 0.0221. The molecule has 0 fully saturated rings. The average Bonchev–Trinajstić information content (AvgIpc) is 2.35. The lowest BCUT2D eigenvalue weighted by molar-refractivity contribution is -0.137. The number of carbonyl (C=O) groups excluding carboxylic acids is 2. The lowest BCUT2D eigenvalue weighted by Gasteiger charge is -2.12. The molecule has 6 N–H and O–H groups in total. The quantitative estimate of drug-likeness (QED) is 0.609. The molecular formula is C12H14ClN3O4. The van der Waals surface area contributed by atoms with Gasteiger partial charge in [-0.25, -0.2) is 0 Å². The van der Waals surface area contributed by atoms with Crippen molar-refractivity contribution in [3.8, 4) is 0 Å². The van der Waals surface area contributed by atoms with Crippen LogP contribution in [-0.4, -0.2) is 28.9 Å². The number of nitrogens with two attached hydrogens (primary N) is 2. The maximum Gasteiger partial charge on any atom is 0.303 e. The van der Waals surface area contributed by atoms with Gasteiger partial charge < -0.3 is 21.9 Å². The minimum atomic E-state index is -1.03. The molecule has 20 heavy (non-hydrogen) atoms. The van der Waals surface area contributed by atoms with E-state index < -0.39 is 23.8 Å². The van der Waals surface area contributed by atoms with Crippen molar-refractivity contribution >= 4 is 35.1 Å². The van der Waals surface area contributed by atoms with Crippen molar-refractivity contribution < 1.29 is 19.5 Å². The molecule has 0 bridgehead atoms. The summed E-state index contributed by atoms with van der Waals surface area (Å²) >= 11 is 5.83. The number of hydrogen-bond acceptors (Lipinski definition) is 4. The van der Waals surface area contributed by atoms with Crippen molar-refractivity contribution in [2.24, 2.45) is 11.5 Å². The van der Waals surface area contributed by atoms with Gasteiger partial charge >= 0.3 is 5.97 Å². The third kappa shape index (κ3) is 4.52. The minimum Gasteiger partial charge on any atom is -0.481 e. The maximum atomic E-state index is 11.7. The molecule has 0 saturated carbocycles. The summed E-state index contributed by atoms with van der Waals surface area (Å²) in [5, 5.41) is 11.1. The number of hydrogen-bond donors (Lipinski definition) is 4. The molecule has 0 spiro atoms. The third-order valence-corrected chi connectivity index (χ3v) is 2.82. The number of primary amides is 1. The highest BCUT2D eigenvalue weighted by molar-refractivity contribution is 6.34. The van der Waals surface area contributed by atoms with Crippen molar-refractivity contribution in [1.82, 2.24) is 0 Å². The molecule has 0 heterocycles. The molecule has 0 aliphatic carbocycles. The standard InChI is InChI=1S/C12H14ClN3O4/c13-8-5-6(1-2-7(8)11(15)19)16-12(20)9(14)3-4-10(17)18/h1-2,5,9H,3-4,14H2,(H2,15,19)(H,16,20)(H,17,18). The van der Waals surface area contributed by atoms with Crippen LogP contribution in [-0.2, 0) is 9.59 Å². The summed E-state index contributed by atoms with van der Waals surface area (Å²) in [4.78, 5) is 33.1. The van der Waals surface area contributed by atoms with Crippen LogP contribution in [0.5, 0.6) is 0 Å². The molecule has 0 aromatic heterocycles. The van der Waals surface area contributed by atoms with E-state index in [-0.39, 0.29) is 23.4 Å². The summed E-state index contributed by atoms with van der Waals surface area (Å²) in [5.74, 6) is -2.23. The Labute approximate surface area is 119 Å². The van der Waals surface area contributed by atoms with E-state index in [1.54, 1.807) is 0 Å². The Morgan fingerprint density at radius 2 is 2.00 bits per heavy atom. The van der Waals surface area contributed by atoms with Crippen molar-refractivity contribution in [3.05, 3.63) is 28.8 Å². The fraction of sp³-hybridized carbons (Fsp3) is 0.250. The van der Waals surface area contributed by atoms with Gasteiger partial charge in [-0.1, -0.05) is 11.6 Å². The fourth-order valence-corrected chi connectivity index (χ4v) is 1.71. The molecule has 1 atom stereocenters. The first-order valence-electron chi connectivity index (χ1n) is 5.69. The van der Waals surface area contributed by atoms with Gasteiger partial charge in [-0.2, -0.15) is 0 Å². The molecule has 1 rings (SSSR count). The molecule has 0 aliphatic heterocycles. The van der Waals surface area contributed by atoms with Crippen molar-refractivity contribution in [3.63, 3.8) is 0 Å². The van der Waals surface area contributed by atoms with E-state index in [1.807, 2.05) is 0 Å². The van der Waals surface area contributed by atoms with E-state index in [9.17, 15) is 14.4 Å². The summed E-state index contributed by atoms with van der Waals surface area (Å²) in [6.45, 7) is 0. The third-order valence-electron chi connectivity index (χ3n) is 2.51. The first-order chi connectivity index (χ1) is 9.31. The molecule has 1 aromatic carbocycles. The van der Waals surface area contributed by atoms with Crippen LogP contribution in [0.1, 0.15) is 23.2 Å². The number of carboxylic acids is 1. The highest BCUT2D eigenvalue weighted by Crippen LogP contribution is 2.20. The number of nitrogens with one attached hydrogen (secondary N) is 1. The second kappa shape index (κ2) is 6.88. The zero-order chi connectivity index (χ0) is 15.3. The molecule has 0 radical (unpaired) electrons. The van der Waals surface area contributed by atoms with E-state index in [0.717, 1.165) is 0 Å². The van der Waals surface area contributed by atoms with Gasteiger partial charge in [0, 0.05) is 12.1 Å². The van der Waals surface area contributed by atoms with E-state index >= 15 is 0 Å². The highest BCUT2D eigenvalue weighted by atomic mass is 35.5. The Morgan fingerprint density at radius 3 is 2.50 bits per heavy atom. The normalized spacial score (nSPS) is 11.7. The van der Waals surface area contributed by atoms with Gasteiger partial charge in [-0.15, -0.1) is 0 Å². The molecule has 0 aliphatic rings. The Balaban J connectivity index is 2.69. The van der Waals surface area contributed by atoms with Crippen LogP contribution in [0.2, 0.25) is 5.02 Å². The summed E-state index contributed by atoms with van der Waals surface area (Å²) in [6.07, 6.45) is -0.176. The van der Waals surface area contributed by atoms with Gasteiger partial charge in [0.25, 0.3) is 0 Å². The number of anilines is 1. The molecule has 108 valence electrons. The lowest BCUT2D eigenvalue weighted by atomic mass is 10.1. The molecular weight excluding hydrogens is 286 g/mol. The van der Waals surface area contributed by atoms with Gasteiger partial charge in [0.05, 0.1) is 16.6 Å². The molecule has 7 nitrogen and oxygen atoms in total. The first kappa shape index (κ1) is 15.9. The number of carbonyl (C=O) groups is 3. The van der Waals surface area contributed by atoms with Crippen LogP contribution in [0, 0.1) is 0 Å². The van der Waals surface area contributed by atoms with E-state index in [1.165, 1.54) is 18.2 Å². The van der Waals surface area contributed by atoms with Gasteiger partial charge in [-0.3, -0.25) is 14.4 Å². The van der Waals surface area contributed by atoms with Gasteiger partial charge in [-0.05, 0) is 24.6 Å². The summed E-state index contributed by atoms with van der Waals surface area (Å²) in [7, 11) is 0. The number of aliphatic carboxylic acids is 1. The smallest absolute Gasteiger partial charge is 0.303 e. The average molecular weight is 300 g/mol. The van der Waals surface area contributed by atoms with Gasteiger partial charge in [0.15, 0.2) is 0 Å². The molecule has 1 unspecified atom stereocenters. The number of carboxylic acid groups (broad SMARTS) is 1. The van der Waals surface area contributed by atoms with Gasteiger partial charge in [0.1, 0.15) is 0 Å². The predicted molar refractivity (Wildman–Crippen MR) is 73.4 cm³/mol. The van der Waals surface area contributed by atoms with Crippen LogP contribution in [0.4, 0.5) is 5.69 Å². The molecule has 2 amide bonds. The van der Waals surface area contributed by atoms with Crippen LogP contribution in [0.3, 0.4) is 0 Å². The predicted octanol–water partition coefficient (Wildman–Crippen LogP) is 0.569. The number of rotatable bonds is 6. The monoisotopic (exact) mass is 299 g/mol. The Kier molecular flexibility index (Phi) is 5.48. The van der Waals surface area contributed by atoms with E-state index in [2.05, 4.69) is 5.32 Å². The Hall–Kier alpha value is -2.12. The Bertz CT molecular complexity index is 548. The van der Waals surface area contributed by atoms with Crippen LogP contribution in [0.25, 0.3) is 0 Å². The van der Waals surface area contributed by atoms with Crippen molar-refractivity contribution in [2.75, 3.05) is 5.32 Å². The summed E-state index contributed by atoms with van der Waals surface area (Å²) in [5.41, 5.74) is 11.1. The summed E-state index contributed by atoms with van der Waals surface area (Å²) in [6, 6.07) is 3.25. The van der Waals surface area contributed by atoms with E-state index in [4.69, 9.17) is 28.2 Å². The summed E-state index contributed by atoms with van der Waals surface area (Å²) < 4.78 is 0. The van der Waals surface area contributed by atoms with Crippen LogP contribution < -0.4 is 16.8 Å². The molecule has 1 aromatic rings. The highest BCUT2D eigenvalue weighted by Gasteiger charge is 2.16. The zero-order valence-electron chi connectivity index (χ0n) is 10.4. The Morgan fingerprint density at radius 1 is 1.35 bits per heavy atom. The van der Waals surface area contributed by atoms with E-state index in [0.29, 0.717) is 5.69 Å². The van der Waals surface area contributed by atoms with Crippen LogP contribution in [0.15, 0.2) is 18.2 Å². The fourth-order valence-electron chi connectivity index (χ4n) is 1.44. The van der Waals surface area contributed by atoms with Gasteiger partial charge in [0.2, 0.25) is 11.8 Å². The van der Waals surface area contributed by atoms with Crippen LogP contribution >= 0.6 is 11.6 Å².